The highest BCUT2D eigenvalue weighted by molar-refractivity contribution is 7.91. The van der Waals surface area contributed by atoms with Crippen LogP contribution in [0.15, 0.2) is 70.2 Å². The molecule has 4 rings (SSSR count). The molecule has 0 saturated carbocycles. The van der Waals surface area contributed by atoms with Crippen LogP contribution in [0.25, 0.3) is 10.2 Å². The summed E-state index contributed by atoms with van der Waals surface area (Å²) in [5.74, 6) is 0.522. The van der Waals surface area contributed by atoms with Crippen LogP contribution in [0.3, 0.4) is 0 Å². The third-order valence-electron chi connectivity index (χ3n) is 4.77. The standard InChI is InChI=1S/C22H19ClN2O5S2/c1-29-16-6-9-20-19(13-16)24-22(31-20)25(14-17-3-2-11-30-17)21(26)10-12-32(27,28)18-7-4-15(23)5-8-18/h2-9,11,13H,10,12,14H2,1H3. The molecule has 7 nitrogen and oxygen atoms in total. The van der Waals surface area contributed by atoms with E-state index in [1.807, 2.05) is 12.1 Å². The Hall–Kier alpha value is -2.88. The van der Waals surface area contributed by atoms with Crippen molar-refractivity contribution in [3.8, 4) is 5.75 Å². The summed E-state index contributed by atoms with van der Waals surface area (Å²) in [4.78, 5) is 19.3. The molecule has 0 fully saturated rings. The van der Waals surface area contributed by atoms with E-state index in [1.54, 1.807) is 25.3 Å². The lowest BCUT2D eigenvalue weighted by Crippen LogP contribution is -2.31. The van der Waals surface area contributed by atoms with Gasteiger partial charge >= 0.3 is 0 Å². The zero-order valence-corrected chi connectivity index (χ0v) is 19.4. The van der Waals surface area contributed by atoms with Crippen molar-refractivity contribution in [2.24, 2.45) is 0 Å². The number of aromatic nitrogens is 1. The van der Waals surface area contributed by atoms with Crippen LogP contribution in [0.1, 0.15) is 12.2 Å². The summed E-state index contributed by atoms with van der Waals surface area (Å²) >= 11 is 7.18. The Labute approximate surface area is 194 Å². The first-order valence-electron chi connectivity index (χ1n) is 9.61. The Balaban J connectivity index is 1.58. The molecule has 0 bridgehead atoms. The molecule has 0 aliphatic heterocycles. The largest absolute Gasteiger partial charge is 0.497 e. The van der Waals surface area contributed by atoms with Crippen LogP contribution in [0, 0.1) is 0 Å². The van der Waals surface area contributed by atoms with Crippen molar-refractivity contribution in [1.82, 2.24) is 4.98 Å². The van der Waals surface area contributed by atoms with Gasteiger partial charge < -0.3 is 9.15 Å². The first-order chi connectivity index (χ1) is 15.4. The maximum atomic E-state index is 13.1. The van der Waals surface area contributed by atoms with Crippen LogP contribution in [0.4, 0.5) is 5.13 Å². The van der Waals surface area contributed by atoms with Crippen LogP contribution >= 0.6 is 22.9 Å². The van der Waals surface area contributed by atoms with Crippen LogP contribution in [0.2, 0.25) is 5.02 Å². The number of carbonyl (C=O) groups is 1. The van der Waals surface area contributed by atoms with Gasteiger partial charge in [0.1, 0.15) is 11.5 Å². The van der Waals surface area contributed by atoms with Gasteiger partial charge in [-0.2, -0.15) is 0 Å². The lowest BCUT2D eigenvalue weighted by atomic mass is 10.3. The summed E-state index contributed by atoms with van der Waals surface area (Å²) in [5.41, 5.74) is 0.690. The number of thiazole rings is 1. The molecule has 2 aromatic carbocycles. The molecule has 2 heterocycles. The van der Waals surface area contributed by atoms with E-state index in [-0.39, 0.29) is 29.5 Å². The van der Waals surface area contributed by atoms with Crippen molar-refractivity contribution in [3.63, 3.8) is 0 Å². The van der Waals surface area contributed by atoms with Gasteiger partial charge in [-0.05, 0) is 48.5 Å². The van der Waals surface area contributed by atoms with Gasteiger partial charge in [-0.15, -0.1) is 0 Å². The summed E-state index contributed by atoms with van der Waals surface area (Å²) in [6.07, 6.45) is 1.32. The SMILES string of the molecule is COc1ccc2sc(N(Cc3ccco3)C(=O)CCS(=O)(=O)c3ccc(Cl)cc3)nc2c1. The number of rotatable bonds is 8. The van der Waals surface area contributed by atoms with Gasteiger partial charge in [0.15, 0.2) is 15.0 Å². The van der Waals surface area contributed by atoms with Crippen LogP contribution < -0.4 is 9.64 Å². The van der Waals surface area contributed by atoms with E-state index in [2.05, 4.69) is 4.98 Å². The third kappa shape index (κ3) is 4.95. The topological polar surface area (TPSA) is 89.7 Å². The van der Waals surface area contributed by atoms with Gasteiger partial charge in [-0.3, -0.25) is 9.69 Å². The molecule has 1 amide bonds. The second-order valence-corrected chi connectivity index (χ2v) is 10.5. The summed E-state index contributed by atoms with van der Waals surface area (Å²) < 4.78 is 36.9. The number of hydrogen-bond acceptors (Lipinski definition) is 7. The number of hydrogen-bond donors (Lipinski definition) is 0. The van der Waals surface area contributed by atoms with E-state index in [1.165, 1.54) is 46.8 Å². The second-order valence-electron chi connectivity index (χ2n) is 6.91. The van der Waals surface area contributed by atoms with Gasteiger partial charge in [-0.25, -0.2) is 13.4 Å². The van der Waals surface area contributed by atoms with Gasteiger partial charge in [0.05, 0.1) is 40.8 Å². The molecule has 0 unspecified atom stereocenters. The summed E-state index contributed by atoms with van der Waals surface area (Å²) in [6.45, 7) is 0.143. The van der Waals surface area contributed by atoms with Gasteiger partial charge in [-0.1, -0.05) is 22.9 Å². The number of ether oxygens (including phenoxy) is 1. The number of sulfone groups is 1. The van der Waals surface area contributed by atoms with Crippen LogP contribution in [0.5, 0.6) is 5.75 Å². The molecule has 4 aromatic rings. The Morgan fingerprint density at radius 2 is 1.97 bits per heavy atom. The minimum Gasteiger partial charge on any atom is -0.497 e. The zero-order chi connectivity index (χ0) is 22.7. The molecule has 2 aromatic heterocycles. The smallest absolute Gasteiger partial charge is 0.230 e. The van der Waals surface area contributed by atoms with E-state index in [9.17, 15) is 13.2 Å². The van der Waals surface area contributed by atoms with Gasteiger partial charge in [0.2, 0.25) is 5.91 Å². The summed E-state index contributed by atoms with van der Waals surface area (Å²) in [7, 11) is -2.07. The van der Waals surface area contributed by atoms with Gasteiger partial charge in [0.25, 0.3) is 0 Å². The van der Waals surface area contributed by atoms with Crippen molar-refractivity contribution in [2.75, 3.05) is 17.8 Å². The lowest BCUT2D eigenvalue weighted by molar-refractivity contribution is -0.118. The highest BCUT2D eigenvalue weighted by atomic mass is 35.5. The van der Waals surface area contributed by atoms with Gasteiger partial charge in [0, 0.05) is 17.5 Å². The van der Waals surface area contributed by atoms with E-state index in [0.29, 0.717) is 27.2 Å². The maximum absolute atomic E-state index is 13.1. The molecular formula is C22H19ClN2O5S2. The number of benzene rings is 2. The average Bonchev–Trinajstić information content (AvgIpc) is 3.45. The van der Waals surface area contributed by atoms with Crippen LogP contribution in [-0.4, -0.2) is 32.2 Å². The van der Waals surface area contributed by atoms with Crippen LogP contribution in [-0.2, 0) is 21.2 Å². The van der Waals surface area contributed by atoms with Crippen molar-refractivity contribution < 1.29 is 22.4 Å². The highest BCUT2D eigenvalue weighted by Crippen LogP contribution is 2.32. The number of anilines is 1. The maximum Gasteiger partial charge on any atom is 0.230 e. The number of furan rings is 1. The number of halogens is 1. The second kappa shape index (κ2) is 9.32. The number of amides is 1. The van der Waals surface area contributed by atoms with E-state index in [0.717, 1.165) is 4.70 Å². The summed E-state index contributed by atoms with van der Waals surface area (Å²) in [6, 6.07) is 14.8. The molecule has 0 N–H and O–H groups in total. The van der Waals surface area contributed by atoms with E-state index in [4.69, 9.17) is 20.8 Å². The fraction of sp³-hybridized carbons (Fsp3) is 0.182. The molecule has 0 aliphatic rings. The molecule has 166 valence electrons. The van der Waals surface area contributed by atoms with E-state index < -0.39 is 9.84 Å². The molecule has 0 saturated heterocycles. The predicted octanol–water partition coefficient (Wildman–Crippen LogP) is 4.95. The first-order valence-corrected chi connectivity index (χ1v) is 12.5. The minimum absolute atomic E-state index is 0.124. The number of nitrogens with zero attached hydrogens (tertiary/aromatic N) is 2. The minimum atomic E-state index is -3.65. The average molecular weight is 491 g/mol. The van der Waals surface area contributed by atoms with Crippen molar-refractivity contribution in [1.29, 1.82) is 0 Å². The Morgan fingerprint density at radius 1 is 1.19 bits per heavy atom. The molecular weight excluding hydrogens is 472 g/mol. The van der Waals surface area contributed by atoms with Crippen molar-refractivity contribution in [3.05, 3.63) is 71.6 Å². The third-order valence-corrected chi connectivity index (χ3v) is 7.81. The molecule has 10 heteroatoms. The van der Waals surface area contributed by atoms with Crippen molar-refractivity contribution in [2.45, 2.75) is 17.9 Å². The normalized spacial score (nSPS) is 11.6. The molecule has 32 heavy (non-hydrogen) atoms. The number of fused-ring (bicyclic) bond motifs is 1. The number of methoxy groups -OCH3 is 1. The Morgan fingerprint density at radius 3 is 2.66 bits per heavy atom. The Kier molecular flexibility index (Phi) is 6.50. The molecule has 0 aliphatic carbocycles. The molecule has 0 spiro atoms. The predicted molar refractivity (Wildman–Crippen MR) is 124 cm³/mol. The zero-order valence-electron chi connectivity index (χ0n) is 17.0. The summed E-state index contributed by atoms with van der Waals surface area (Å²) in [5, 5.41) is 0.899. The fourth-order valence-electron chi connectivity index (χ4n) is 3.07. The van der Waals surface area contributed by atoms with Crippen molar-refractivity contribution >= 4 is 54.0 Å². The van der Waals surface area contributed by atoms with E-state index >= 15 is 0 Å². The monoisotopic (exact) mass is 490 g/mol. The molecule has 0 atom stereocenters. The lowest BCUT2D eigenvalue weighted by Gasteiger charge is -2.18. The number of carbonyl (C=O) groups excluding carboxylic acids is 1. The quantitative estimate of drug-likeness (QED) is 0.347. The molecule has 0 radical (unpaired) electrons. The Bertz CT molecular complexity index is 1330. The first kappa shape index (κ1) is 22.3. The highest BCUT2D eigenvalue weighted by Gasteiger charge is 2.24. The fourth-order valence-corrected chi connectivity index (χ4v) is 5.39.